The molecule has 2 heterocycles. The van der Waals surface area contributed by atoms with Crippen LogP contribution in [0.3, 0.4) is 0 Å². The van der Waals surface area contributed by atoms with Gasteiger partial charge in [0.15, 0.2) is 5.96 Å². The van der Waals surface area contributed by atoms with Crippen LogP contribution in [0.1, 0.15) is 39.7 Å². The van der Waals surface area contributed by atoms with Crippen LogP contribution in [0.5, 0.6) is 0 Å². The zero-order valence-corrected chi connectivity index (χ0v) is 18.1. The molecule has 0 radical (unpaired) electrons. The molecule has 2 unspecified atom stereocenters. The molecule has 7 heteroatoms. The predicted octanol–water partition coefficient (Wildman–Crippen LogP) is 2.78. The van der Waals surface area contributed by atoms with E-state index < -0.39 is 0 Å². The summed E-state index contributed by atoms with van der Waals surface area (Å²) in [4.78, 5) is 11.5. The van der Waals surface area contributed by atoms with Gasteiger partial charge in [-0.1, -0.05) is 13.0 Å². The molecule has 1 aromatic rings. The summed E-state index contributed by atoms with van der Waals surface area (Å²) in [5, 5.41) is 6.68. The summed E-state index contributed by atoms with van der Waals surface area (Å²) >= 11 is 0. The van der Waals surface area contributed by atoms with E-state index in [1.807, 2.05) is 6.20 Å². The number of ether oxygens (including phenoxy) is 1. The van der Waals surface area contributed by atoms with Crippen LogP contribution in [0.25, 0.3) is 0 Å². The fourth-order valence-corrected chi connectivity index (χ4v) is 2.55. The highest BCUT2D eigenvalue weighted by Crippen LogP contribution is 2.15. The summed E-state index contributed by atoms with van der Waals surface area (Å²) in [5.74, 6) is 1.88. The zero-order valence-electron chi connectivity index (χ0n) is 15.8. The third-order valence-electron chi connectivity index (χ3n) is 4.13. The Balaban J connectivity index is 0.00000312. The van der Waals surface area contributed by atoms with Crippen molar-refractivity contribution in [1.29, 1.82) is 0 Å². The molecule has 1 aromatic heterocycles. The van der Waals surface area contributed by atoms with E-state index in [2.05, 4.69) is 65.3 Å². The van der Waals surface area contributed by atoms with Crippen molar-refractivity contribution in [2.45, 2.75) is 52.8 Å². The number of anilines is 1. The molecular weight excluding hydrogens is 429 g/mol. The molecule has 1 saturated heterocycles. The number of pyridine rings is 1. The fourth-order valence-electron chi connectivity index (χ4n) is 2.55. The molecule has 2 atom stereocenters. The molecule has 2 rings (SSSR count). The smallest absolute Gasteiger partial charge is 0.191 e. The van der Waals surface area contributed by atoms with Crippen molar-refractivity contribution in [3.05, 3.63) is 23.9 Å². The van der Waals surface area contributed by atoms with Gasteiger partial charge in [0.25, 0.3) is 0 Å². The molecule has 0 spiro atoms. The maximum absolute atomic E-state index is 5.58. The Kier molecular flexibility index (Phi) is 10.1. The molecule has 0 saturated carbocycles. The lowest BCUT2D eigenvalue weighted by molar-refractivity contribution is 0.0529. The molecule has 1 aliphatic rings. The van der Waals surface area contributed by atoms with E-state index in [-0.39, 0.29) is 30.1 Å². The van der Waals surface area contributed by atoms with Crippen molar-refractivity contribution >= 4 is 35.8 Å². The molecule has 1 aliphatic heterocycles. The molecule has 6 nitrogen and oxygen atoms in total. The van der Waals surface area contributed by atoms with Gasteiger partial charge in [0, 0.05) is 31.9 Å². The van der Waals surface area contributed by atoms with Gasteiger partial charge in [-0.3, -0.25) is 0 Å². The minimum atomic E-state index is 0. The molecule has 0 aliphatic carbocycles. The third kappa shape index (κ3) is 7.35. The maximum atomic E-state index is 5.58. The summed E-state index contributed by atoms with van der Waals surface area (Å²) in [5.41, 5.74) is 1.11. The molecule has 2 N–H and O–H groups in total. The topological polar surface area (TPSA) is 61.8 Å². The number of hydrogen-bond acceptors (Lipinski definition) is 4. The Hall–Kier alpha value is -1.09. The van der Waals surface area contributed by atoms with E-state index in [0.717, 1.165) is 50.0 Å². The van der Waals surface area contributed by atoms with E-state index in [9.17, 15) is 0 Å². The molecular formula is C18H32IN5O. The van der Waals surface area contributed by atoms with Crippen LogP contribution in [-0.4, -0.2) is 49.3 Å². The standard InChI is InChI=1S/C18H31N5O.HI/c1-5-14(3)22-18(19-6-2)21-12-16-7-8-17(20-11-16)23-9-10-24-15(4)13-23;/h7-8,11,14-15H,5-6,9-10,12-13H2,1-4H3,(H2,19,21,22);1H. The number of morpholine rings is 1. The van der Waals surface area contributed by atoms with Crippen molar-refractivity contribution in [3.8, 4) is 0 Å². The van der Waals surface area contributed by atoms with Gasteiger partial charge in [0.1, 0.15) is 5.82 Å². The summed E-state index contributed by atoms with van der Waals surface area (Å²) in [6.07, 6.45) is 3.25. The van der Waals surface area contributed by atoms with Gasteiger partial charge >= 0.3 is 0 Å². The number of aliphatic imine (C=N–C) groups is 1. The fraction of sp³-hybridized carbons (Fsp3) is 0.667. The minimum Gasteiger partial charge on any atom is -0.375 e. The molecule has 25 heavy (non-hydrogen) atoms. The van der Waals surface area contributed by atoms with Crippen LogP contribution < -0.4 is 15.5 Å². The Morgan fingerprint density at radius 1 is 1.44 bits per heavy atom. The van der Waals surface area contributed by atoms with Crippen LogP contribution in [0.4, 0.5) is 5.82 Å². The van der Waals surface area contributed by atoms with Gasteiger partial charge in [-0.2, -0.15) is 0 Å². The molecule has 0 bridgehead atoms. The first-order chi connectivity index (χ1) is 11.6. The van der Waals surface area contributed by atoms with Crippen molar-refractivity contribution < 1.29 is 4.74 Å². The Morgan fingerprint density at radius 2 is 2.24 bits per heavy atom. The summed E-state index contributed by atoms with van der Waals surface area (Å²) < 4.78 is 5.58. The molecule has 1 fully saturated rings. The molecule has 0 amide bonds. The SMILES string of the molecule is CCNC(=NCc1ccc(N2CCOC(C)C2)nc1)NC(C)CC.I. The lowest BCUT2D eigenvalue weighted by Gasteiger charge is -2.32. The number of nitrogens with one attached hydrogen (secondary N) is 2. The molecule has 0 aromatic carbocycles. The van der Waals surface area contributed by atoms with E-state index in [1.165, 1.54) is 0 Å². The van der Waals surface area contributed by atoms with Gasteiger partial charge in [0.2, 0.25) is 0 Å². The van der Waals surface area contributed by atoms with E-state index in [0.29, 0.717) is 12.6 Å². The van der Waals surface area contributed by atoms with Crippen LogP contribution in [0.15, 0.2) is 23.3 Å². The van der Waals surface area contributed by atoms with E-state index in [4.69, 9.17) is 4.74 Å². The Bertz CT molecular complexity index is 523. The monoisotopic (exact) mass is 461 g/mol. The first-order valence-corrected chi connectivity index (χ1v) is 8.98. The second kappa shape index (κ2) is 11.5. The summed E-state index contributed by atoms with van der Waals surface area (Å²) in [6, 6.07) is 4.60. The van der Waals surface area contributed by atoms with Crippen LogP contribution in [0, 0.1) is 0 Å². The average molecular weight is 461 g/mol. The molecule has 142 valence electrons. The van der Waals surface area contributed by atoms with Gasteiger partial charge in [-0.05, 0) is 38.8 Å². The lowest BCUT2D eigenvalue weighted by Crippen LogP contribution is -2.42. The maximum Gasteiger partial charge on any atom is 0.191 e. The second-order valence-corrected chi connectivity index (χ2v) is 6.30. The van der Waals surface area contributed by atoms with Crippen LogP contribution in [-0.2, 0) is 11.3 Å². The van der Waals surface area contributed by atoms with E-state index in [1.54, 1.807) is 0 Å². The van der Waals surface area contributed by atoms with Gasteiger partial charge in [-0.25, -0.2) is 9.98 Å². The summed E-state index contributed by atoms with van der Waals surface area (Å²) in [6.45, 7) is 12.5. The number of guanidine groups is 1. The quantitative estimate of drug-likeness (QED) is 0.388. The third-order valence-corrected chi connectivity index (χ3v) is 4.13. The van der Waals surface area contributed by atoms with Crippen molar-refractivity contribution in [2.24, 2.45) is 4.99 Å². The van der Waals surface area contributed by atoms with E-state index >= 15 is 0 Å². The number of rotatable bonds is 6. The van der Waals surface area contributed by atoms with Crippen molar-refractivity contribution in [3.63, 3.8) is 0 Å². The minimum absolute atomic E-state index is 0. The van der Waals surface area contributed by atoms with Crippen LogP contribution in [0.2, 0.25) is 0 Å². The Morgan fingerprint density at radius 3 is 2.84 bits per heavy atom. The van der Waals surface area contributed by atoms with Crippen LogP contribution >= 0.6 is 24.0 Å². The highest BCUT2D eigenvalue weighted by Gasteiger charge is 2.17. The van der Waals surface area contributed by atoms with Gasteiger partial charge in [-0.15, -0.1) is 24.0 Å². The number of hydrogen-bond donors (Lipinski definition) is 2. The van der Waals surface area contributed by atoms with Crippen molar-refractivity contribution in [1.82, 2.24) is 15.6 Å². The van der Waals surface area contributed by atoms with Gasteiger partial charge < -0.3 is 20.3 Å². The number of halogens is 1. The second-order valence-electron chi connectivity index (χ2n) is 6.30. The van der Waals surface area contributed by atoms with Crippen molar-refractivity contribution in [2.75, 3.05) is 31.1 Å². The highest BCUT2D eigenvalue weighted by atomic mass is 127. The lowest BCUT2D eigenvalue weighted by atomic mass is 10.2. The first kappa shape index (κ1) is 22.0. The number of aromatic nitrogens is 1. The Labute approximate surface area is 168 Å². The predicted molar refractivity (Wildman–Crippen MR) is 115 cm³/mol. The first-order valence-electron chi connectivity index (χ1n) is 8.98. The highest BCUT2D eigenvalue weighted by molar-refractivity contribution is 14.0. The van der Waals surface area contributed by atoms with Gasteiger partial charge in [0.05, 0.1) is 19.3 Å². The normalized spacial score (nSPS) is 19.1. The summed E-state index contributed by atoms with van der Waals surface area (Å²) in [7, 11) is 0. The average Bonchev–Trinajstić information content (AvgIpc) is 2.60. The largest absolute Gasteiger partial charge is 0.375 e. The zero-order chi connectivity index (χ0) is 17.4. The number of nitrogens with zero attached hydrogens (tertiary/aromatic N) is 3.